The van der Waals surface area contributed by atoms with E-state index in [-0.39, 0.29) is 24.2 Å². The first kappa shape index (κ1) is 26.3. The van der Waals surface area contributed by atoms with Gasteiger partial charge in [-0.1, -0.05) is 36.4 Å². The Morgan fingerprint density at radius 2 is 1.73 bits per heavy atom. The van der Waals surface area contributed by atoms with Gasteiger partial charge in [0.2, 0.25) is 15.9 Å². The van der Waals surface area contributed by atoms with E-state index < -0.39 is 33.2 Å². The van der Waals surface area contributed by atoms with Crippen LogP contribution in [0.1, 0.15) is 44.7 Å². The number of hydrogen-bond acceptors (Lipinski definition) is 5. The maximum Gasteiger partial charge on any atom is 0.311 e. The van der Waals surface area contributed by atoms with Crippen molar-refractivity contribution in [2.75, 3.05) is 17.6 Å². The van der Waals surface area contributed by atoms with Crippen molar-refractivity contribution in [2.24, 2.45) is 5.41 Å². The van der Waals surface area contributed by atoms with Crippen molar-refractivity contribution in [3.8, 4) is 0 Å². The molecule has 1 amide bonds. The smallest absolute Gasteiger partial charge is 0.311 e. The van der Waals surface area contributed by atoms with E-state index in [0.717, 1.165) is 17.9 Å². The average molecular weight is 479 g/mol. The first-order valence-electron chi connectivity index (χ1n) is 10.5. The van der Waals surface area contributed by atoms with Gasteiger partial charge in [-0.3, -0.25) is 14.3 Å². The van der Waals surface area contributed by atoms with E-state index >= 15 is 0 Å². The molecule has 0 unspecified atom stereocenters. The van der Waals surface area contributed by atoms with Crippen LogP contribution in [-0.4, -0.2) is 39.2 Å². The molecule has 0 spiro atoms. The molecule has 0 aromatic heterocycles. The molecule has 2 aromatic rings. The van der Waals surface area contributed by atoms with Crippen LogP contribution in [0.2, 0.25) is 0 Å². The van der Waals surface area contributed by atoms with Gasteiger partial charge in [-0.05, 0) is 57.4 Å². The van der Waals surface area contributed by atoms with E-state index in [2.05, 4.69) is 10.0 Å². The predicted octanol–water partition coefficient (Wildman–Crippen LogP) is 3.62. The summed E-state index contributed by atoms with van der Waals surface area (Å²) in [5.74, 6) is -2.24. The maximum atomic E-state index is 14.4. The Morgan fingerprint density at radius 1 is 1.09 bits per heavy atom. The molecular formula is C24H31FN2O5S. The monoisotopic (exact) mass is 478 g/mol. The number of sulfonamides is 1. The summed E-state index contributed by atoms with van der Waals surface area (Å²) in [6, 6.07) is 12.9. The van der Waals surface area contributed by atoms with E-state index in [9.17, 15) is 22.4 Å². The van der Waals surface area contributed by atoms with Crippen LogP contribution in [0.4, 0.5) is 10.1 Å². The zero-order valence-electron chi connectivity index (χ0n) is 19.5. The summed E-state index contributed by atoms with van der Waals surface area (Å²) >= 11 is 0. The van der Waals surface area contributed by atoms with Crippen molar-refractivity contribution in [1.82, 2.24) is 5.32 Å². The number of amides is 1. The normalized spacial score (nSPS) is 13.6. The first-order valence-corrected chi connectivity index (χ1v) is 12.4. The largest absolute Gasteiger partial charge is 0.463 e. The molecule has 9 heteroatoms. The molecule has 0 radical (unpaired) electrons. The van der Waals surface area contributed by atoms with Crippen molar-refractivity contribution in [3.63, 3.8) is 0 Å². The van der Waals surface area contributed by atoms with Crippen LogP contribution in [0.5, 0.6) is 0 Å². The lowest BCUT2D eigenvalue weighted by Gasteiger charge is -2.24. The molecule has 0 aliphatic rings. The Balaban J connectivity index is 2.14. The van der Waals surface area contributed by atoms with Crippen LogP contribution in [0.3, 0.4) is 0 Å². The number of anilines is 1. The maximum absolute atomic E-state index is 14.4. The molecule has 0 aliphatic carbocycles. The number of hydrogen-bond donors (Lipinski definition) is 2. The zero-order valence-corrected chi connectivity index (χ0v) is 20.3. The zero-order chi connectivity index (χ0) is 24.8. The fourth-order valence-electron chi connectivity index (χ4n) is 3.00. The van der Waals surface area contributed by atoms with Crippen LogP contribution < -0.4 is 10.0 Å². The standard InChI is InChI=1S/C24H31FN2O5S/c1-16(18-11-12-21(20(25)14-18)27-33(5,30)31)22(28)26-19(13-17-9-7-6-8-10-17)15-32-23(29)24(2,3)4/h6-12,14,16,19,27H,13,15H2,1-5H3,(H,26,28)/t16-,19-/m0/s1. The van der Waals surface area contributed by atoms with Gasteiger partial charge in [0, 0.05) is 0 Å². The van der Waals surface area contributed by atoms with Crippen molar-refractivity contribution in [3.05, 3.63) is 65.5 Å². The molecule has 0 saturated heterocycles. The third-order valence-electron chi connectivity index (χ3n) is 4.88. The second-order valence-corrected chi connectivity index (χ2v) is 10.8. The minimum absolute atomic E-state index is 0.00492. The van der Waals surface area contributed by atoms with Gasteiger partial charge in [0.25, 0.3) is 0 Å². The van der Waals surface area contributed by atoms with E-state index in [4.69, 9.17) is 4.74 Å². The summed E-state index contributed by atoms with van der Waals surface area (Å²) in [6.07, 6.45) is 1.37. The van der Waals surface area contributed by atoms with Gasteiger partial charge in [0.15, 0.2) is 0 Å². The molecule has 7 nitrogen and oxygen atoms in total. The van der Waals surface area contributed by atoms with Gasteiger partial charge >= 0.3 is 5.97 Å². The van der Waals surface area contributed by atoms with Gasteiger partial charge in [-0.25, -0.2) is 12.8 Å². The molecular weight excluding hydrogens is 447 g/mol. The summed E-state index contributed by atoms with van der Waals surface area (Å²) in [5.41, 5.74) is 0.483. The fraction of sp³-hybridized carbons (Fsp3) is 0.417. The lowest BCUT2D eigenvalue weighted by atomic mass is 9.97. The lowest BCUT2D eigenvalue weighted by Crippen LogP contribution is -2.43. The summed E-state index contributed by atoms with van der Waals surface area (Å²) in [4.78, 5) is 25.1. The second kappa shape index (κ2) is 10.8. The summed E-state index contributed by atoms with van der Waals surface area (Å²) < 4.78 is 44.6. The number of ether oxygens (including phenoxy) is 1. The van der Waals surface area contributed by atoms with Crippen molar-refractivity contribution in [2.45, 2.75) is 46.1 Å². The molecule has 2 atom stereocenters. The molecule has 2 rings (SSSR count). The number of carbonyl (C=O) groups excluding carboxylic acids is 2. The number of rotatable bonds is 9. The highest BCUT2D eigenvalue weighted by atomic mass is 32.2. The molecule has 2 aromatic carbocycles. The number of esters is 1. The van der Waals surface area contributed by atoms with E-state index in [1.54, 1.807) is 27.7 Å². The molecule has 0 saturated carbocycles. The molecule has 0 fully saturated rings. The Kier molecular flexibility index (Phi) is 8.60. The van der Waals surface area contributed by atoms with Crippen molar-refractivity contribution in [1.29, 1.82) is 0 Å². The summed E-state index contributed by atoms with van der Waals surface area (Å²) in [7, 11) is -3.63. The highest BCUT2D eigenvalue weighted by Gasteiger charge is 2.26. The predicted molar refractivity (Wildman–Crippen MR) is 126 cm³/mol. The van der Waals surface area contributed by atoms with Gasteiger partial charge in [-0.15, -0.1) is 0 Å². The Labute approximate surface area is 194 Å². The SMILES string of the molecule is C[C@H](C(=O)N[C@H](COC(=O)C(C)(C)C)Cc1ccccc1)c1ccc(NS(C)(=O)=O)c(F)c1. The van der Waals surface area contributed by atoms with Gasteiger partial charge < -0.3 is 10.1 Å². The van der Waals surface area contributed by atoms with Crippen LogP contribution in [0, 0.1) is 11.2 Å². The van der Waals surface area contributed by atoms with Crippen LogP contribution >= 0.6 is 0 Å². The van der Waals surface area contributed by atoms with Gasteiger partial charge in [-0.2, -0.15) is 0 Å². The minimum Gasteiger partial charge on any atom is -0.463 e. The molecule has 0 bridgehead atoms. The third-order valence-corrected chi connectivity index (χ3v) is 5.47. The Bertz CT molecular complexity index is 1080. The quantitative estimate of drug-likeness (QED) is 0.536. The first-order chi connectivity index (χ1) is 15.3. The topological polar surface area (TPSA) is 102 Å². The highest BCUT2D eigenvalue weighted by molar-refractivity contribution is 7.92. The van der Waals surface area contributed by atoms with Crippen molar-refractivity contribution >= 4 is 27.6 Å². The van der Waals surface area contributed by atoms with E-state index in [0.29, 0.717) is 12.0 Å². The second-order valence-electron chi connectivity index (χ2n) is 9.08. The van der Waals surface area contributed by atoms with Gasteiger partial charge in [0.05, 0.1) is 29.3 Å². The third kappa shape index (κ3) is 8.49. The number of benzene rings is 2. The highest BCUT2D eigenvalue weighted by Crippen LogP contribution is 2.23. The lowest BCUT2D eigenvalue weighted by molar-refractivity contribution is -0.154. The fourth-order valence-corrected chi connectivity index (χ4v) is 3.57. The van der Waals surface area contributed by atoms with Crippen LogP contribution in [0.15, 0.2) is 48.5 Å². The molecule has 0 aliphatic heterocycles. The van der Waals surface area contributed by atoms with Crippen LogP contribution in [0.25, 0.3) is 0 Å². The number of carbonyl (C=O) groups is 2. The van der Waals surface area contributed by atoms with E-state index in [1.807, 2.05) is 30.3 Å². The molecule has 180 valence electrons. The van der Waals surface area contributed by atoms with Crippen molar-refractivity contribution < 1.29 is 27.1 Å². The average Bonchev–Trinajstić information content (AvgIpc) is 2.71. The summed E-state index contributed by atoms with van der Waals surface area (Å²) in [5, 5.41) is 2.89. The minimum atomic E-state index is -3.63. The molecule has 2 N–H and O–H groups in total. The Hall–Kier alpha value is -2.94. The van der Waals surface area contributed by atoms with E-state index in [1.165, 1.54) is 12.1 Å². The number of halogens is 1. The number of nitrogens with one attached hydrogen (secondary N) is 2. The molecule has 0 heterocycles. The Morgan fingerprint density at radius 3 is 2.27 bits per heavy atom. The van der Waals surface area contributed by atoms with Crippen LogP contribution in [-0.2, 0) is 30.8 Å². The van der Waals surface area contributed by atoms with Gasteiger partial charge in [0.1, 0.15) is 12.4 Å². The summed E-state index contributed by atoms with van der Waals surface area (Å²) in [6.45, 7) is 6.86. The molecule has 33 heavy (non-hydrogen) atoms.